The van der Waals surface area contributed by atoms with E-state index in [0.29, 0.717) is 13.2 Å². The van der Waals surface area contributed by atoms with Crippen molar-refractivity contribution in [3.63, 3.8) is 0 Å². The summed E-state index contributed by atoms with van der Waals surface area (Å²) in [6, 6.07) is 10.6. The monoisotopic (exact) mass is 459 g/mol. The number of hydrogen-bond donors (Lipinski definition) is 2. The third-order valence-corrected chi connectivity index (χ3v) is 4.42. The topological polar surface area (TPSA) is 45.6 Å². The lowest BCUT2D eigenvalue weighted by Crippen LogP contribution is -2.36. The molecule has 0 spiro atoms. The Morgan fingerprint density at radius 3 is 2.50 bits per heavy atom. The van der Waals surface area contributed by atoms with E-state index < -0.39 is 0 Å². The van der Waals surface area contributed by atoms with E-state index in [-0.39, 0.29) is 24.0 Å². The molecule has 0 aliphatic rings. The first-order valence-corrected chi connectivity index (χ1v) is 8.66. The van der Waals surface area contributed by atoms with Gasteiger partial charge in [-0.25, -0.2) is 0 Å². The van der Waals surface area contributed by atoms with Crippen LogP contribution in [0.5, 0.6) is 5.75 Å². The molecule has 2 rings (SSSR count). The number of nitrogens with one attached hydrogen (secondary N) is 2. The third-order valence-electron chi connectivity index (χ3n) is 3.42. The lowest BCUT2D eigenvalue weighted by molar-refractivity contribution is 0.336. The number of rotatable bonds is 6. The van der Waals surface area contributed by atoms with Crippen LogP contribution in [0.25, 0.3) is 0 Å². The molecule has 0 aliphatic heterocycles. The van der Waals surface area contributed by atoms with Gasteiger partial charge in [-0.2, -0.15) is 0 Å². The molecule has 0 saturated carbocycles. The van der Waals surface area contributed by atoms with Crippen molar-refractivity contribution in [1.82, 2.24) is 10.6 Å². The average Bonchev–Trinajstić information content (AvgIpc) is 2.95. The molecule has 2 aromatic rings. The lowest BCUT2D eigenvalue weighted by Gasteiger charge is -2.14. The number of aliphatic imine (C=N–C) groups is 1. The van der Waals surface area contributed by atoms with E-state index in [2.05, 4.69) is 59.8 Å². The molecule has 0 atom stereocenters. The zero-order valence-corrected chi connectivity index (χ0v) is 17.8. The molecular weight excluding hydrogens is 433 g/mol. The minimum Gasteiger partial charge on any atom is -0.494 e. The molecule has 2 N–H and O–H groups in total. The number of nitrogens with zero attached hydrogens (tertiary/aromatic N) is 1. The molecule has 0 fully saturated rings. The van der Waals surface area contributed by atoms with Gasteiger partial charge in [0.05, 0.1) is 13.2 Å². The zero-order chi connectivity index (χ0) is 16.7. The van der Waals surface area contributed by atoms with Crippen LogP contribution in [0.4, 0.5) is 0 Å². The highest BCUT2D eigenvalue weighted by atomic mass is 127. The predicted molar refractivity (Wildman–Crippen MR) is 114 cm³/mol. The number of ether oxygens (including phenoxy) is 1. The van der Waals surface area contributed by atoms with Crippen molar-refractivity contribution in [2.24, 2.45) is 4.99 Å². The van der Waals surface area contributed by atoms with Crippen LogP contribution < -0.4 is 15.4 Å². The molecular formula is C18H26IN3OS. The Labute approximate surface area is 165 Å². The standard InChI is InChI=1S/C18H25N3OS.HI/c1-5-22-17-10-13(2)6-8-15(17)11-20-18(19-4)21-12-16-9-7-14(3)23-16;/h6-10H,5,11-12H2,1-4H3,(H2,19,20,21);1H. The number of benzene rings is 1. The van der Waals surface area contributed by atoms with E-state index in [0.717, 1.165) is 23.8 Å². The molecule has 1 heterocycles. The fourth-order valence-electron chi connectivity index (χ4n) is 2.25. The number of guanidine groups is 1. The maximum absolute atomic E-state index is 5.72. The molecule has 4 nitrogen and oxygen atoms in total. The molecule has 0 saturated heterocycles. The van der Waals surface area contributed by atoms with Crippen LogP contribution in [0.1, 0.15) is 27.8 Å². The van der Waals surface area contributed by atoms with E-state index in [1.165, 1.54) is 15.3 Å². The molecule has 1 aromatic carbocycles. The minimum absolute atomic E-state index is 0. The smallest absolute Gasteiger partial charge is 0.191 e. The summed E-state index contributed by atoms with van der Waals surface area (Å²) in [6.45, 7) is 8.32. The number of halogens is 1. The van der Waals surface area contributed by atoms with Gasteiger partial charge in [0.15, 0.2) is 5.96 Å². The Morgan fingerprint density at radius 2 is 1.88 bits per heavy atom. The summed E-state index contributed by atoms with van der Waals surface area (Å²) < 4.78 is 5.72. The van der Waals surface area contributed by atoms with Crippen molar-refractivity contribution in [1.29, 1.82) is 0 Å². The maximum Gasteiger partial charge on any atom is 0.191 e. The van der Waals surface area contributed by atoms with E-state index in [1.807, 2.05) is 6.92 Å². The normalized spacial score (nSPS) is 10.9. The van der Waals surface area contributed by atoms with Gasteiger partial charge < -0.3 is 15.4 Å². The van der Waals surface area contributed by atoms with E-state index >= 15 is 0 Å². The van der Waals surface area contributed by atoms with E-state index in [9.17, 15) is 0 Å². The summed E-state index contributed by atoms with van der Waals surface area (Å²) >= 11 is 1.80. The van der Waals surface area contributed by atoms with Crippen LogP contribution in [-0.4, -0.2) is 19.6 Å². The predicted octanol–water partition coefficient (Wildman–Crippen LogP) is 4.25. The average molecular weight is 459 g/mol. The van der Waals surface area contributed by atoms with Gasteiger partial charge in [0.2, 0.25) is 0 Å². The van der Waals surface area contributed by atoms with Crippen LogP contribution in [0.2, 0.25) is 0 Å². The highest BCUT2D eigenvalue weighted by molar-refractivity contribution is 14.0. The van der Waals surface area contributed by atoms with Crippen molar-refractivity contribution >= 4 is 41.3 Å². The summed E-state index contributed by atoms with van der Waals surface area (Å²) in [5.74, 6) is 1.73. The second-order valence-corrected chi connectivity index (χ2v) is 6.71. The van der Waals surface area contributed by atoms with Crippen LogP contribution in [0, 0.1) is 13.8 Å². The number of thiophene rings is 1. The Morgan fingerprint density at radius 1 is 1.12 bits per heavy atom. The molecule has 1 aromatic heterocycles. The van der Waals surface area contributed by atoms with E-state index in [1.54, 1.807) is 18.4 Å². The molecule has 132 valence electrons. The Kier molecular flexibility index (Phi) is 9.13. The van der Waals surface area contributed by atoms with Gasteiger partial charge in [-0.1, -0.05) is 12.1 Å². The Hall–Kier alpha value is -1.28. The Balaban J connectivity index is 0.00000288. The highest BCUT2D eigenvalue weighted by Crippen LogP contribution is 2.20. The largest absolute Gasteiger partial charge is 0.494 e. The first kappa shape index (κ1) is 20.8. The zero-order valence-electron chi connectivity index (χ0n) is 14.7. The molecule has 0 unspecified atom stereocenters. The van der Waals surface area contributed by atoms with Gasteiger partial charge in [-0.3, -0.25) is 4.99 Å². The lowest BCUT2D eigenvalue weighted by atomic mass is 10.1. The van der Waals surface area contributed by atoms with Crippen LogP contribution in [-0.2, 0) is 13.1 Å². The third kappa shape index (κ3) is 6.32. The first-order valence-electron chi connectivity index (χ1n) is 7.84. The Bertz CT molecular complexity index is 670. The summed E-state index contributed by atoms with van der Waals surface area (Å²) in [5, 5.41) is 6.69. The van der Waals surface area contributed by atoms with Crippen molar-refractivity contribution < 1.29 is 4.74 Å². The maximum atomic E-state index is 5.72. The van der Waals surface area contributed by atoms with Crippen LogP contribution in [0.15, 0.2) is 35.3 Å². The quantitative estimate of drug-likeness (QED) is 0.386. The van der Waals surface area contributed by atoms with Gasteiger partial charge in [-0.15, -0.1) is 35.3 Å². The molecule has 0 bridgehead atoms. The molecule has 0 radical (unpaired) electrons. The molecule has 0 aliphatic carbocycles. The van der Waals surface area contributed by atoms with Crippen molar-refractivity contribution in [2.75, 3.05) is 13.7 Å². The van der Waals surface area contributed by atoms with Crippen molar-refractivity contribution in [3.8, 4) is 5.75 Å². The van der Waals surface area contributed by atoms with Gasteiger partial charge >= 0.3 is 0 Å². The van der Waals surface area contributed by atoms with Crippen LogP contribution >= 0.6 is 35.3 Å². The molecule has 6 heteroatoms. The van der Waals surface area contributed by atoms with Crippen molar-refractivity contribution in [2.45, 2.75) is 33.9 Å². The second-order valence-electron chi connectivity index (χ2n) is 5.34. The number of aryl methyl sites for hydroxylation is 2. The minimum atomic E-state index is 0. The summed E-state index contributed by atoms with van der Waals surface area (Å²) in [4.78, 5) is 6.90. The van der Waals surface area contributed by atoms with Gasteiger partial charge in [0.1, 0.15) is 5.75 Å². The fourth-order valence-corrected chi connectivity index (χ4v) is 3.08. The summed E-state index contributed by atoms with van der Waals surface area (Å²) in [6.07, 6.45) is 0. The fraction of sp³-hybridized carbons (Fsp3) is 0.389. The number of hydrogen-bond acceptors (Lipinski definition) is 3. The summed E-state index contributed by atoms with van der Waals surface area (Å²) in [7, 11) is 1.79. The van der Waals surface area contributed by atoms with Crippen LogP contribution in [0.3, 0.4) is 0 Å². The first-order chi connectivity index (χ1) is 11.1. The SMILES string of the molecule is CCOc1cc(C)ccc1CNC(=NC)NCc1ccc(C)s1.I. The molecule has 24 heavy (non-hydrogen) atoms. The van der Waals surface area contributed by atoms with E-state index in [4.69, 9.17) is 4.74 Å². The summed E-state index contributed by atoms with van der Waals surface area (Å²) in [5.41, 5.74) is 2.33. The molecule has 0 amide bonds. The highest BCUT2D eigenvalue weighted by Gasteiger charge is 2.06. The second kappa shape index (κ2) is 10.6. The van der Waals surface area contributed by atoms with Gasteiger partial charge in [-0.05, 0) is 44.5 Å². The van der Waals surface area contributed by atoms with Gasteiger partial charge in [0, 0.05) is 28.9 Å². The van der Waals surface area contributed by atoms with Gasteiger partial charge in [0.25, 0.3) is 0 Å². The van der Waals surface area contributed by atoms with Crippen molar-refractivity contribution in [3.05, 3.63) is 51.2 Å².